The monoisotopic (exact) mass is 316 g/mol. The highest BCUT2D eigenvalue weighted by Crippen LogP contribution is 2.27. The minimum absolute atomic E-state index is 0.219. The van der Waals surface area contributed by atoms with Gasteiger partial charge >= 0.3 is 0 Å². The number of amides is 1. The van der Waals surface area contributed by atoms with Crippen molar-refractivity contribution in [3.8, 4) is 0 Å². The summed E-state index contributed by atoms with van der Waals surface area (Å²) in [5.74, 6) is 0.336. The SMILES string of the molecule is NC(=O)C1CCC(C2=CC=C(OCc3ccccc3F)CC2)N1. The van der Waals surface area contributed by atoms with Gasteiger partial charge in [0.1, 0.15) is 12.4 Å². The molecule has 1 aromatic rings. The zero-order chi connectivity index (χ0) is 16.2. The molecule has 23 heavy (non-hydrogen) atoms. The molecule has 1 heterocycles. The Hall–Kier alpha value is -2.14. The van der Waals surface area contributed by atoms with Crippen molar-refractivity contribution in [2.75, 3.05) is 0 Å². The molecule has 0 radical (unpaired) electrons. The summed E-state index contributed by atoms with van der Waals surface area (Å²) in [5.41, 5.74) is 7.17. The zero-order valence-electron chi connectivity index (χ0n) is 12.9. The molecule has 5 heteroatoms. The summed E-state index contributed by atoms with van der Waals surface area (Å²) in [5, 5.41) is 3.28. The summed E-state index contributed by atoms with van der Waals surface area (Å²) in [4.78, 5) is 11.2. The normalized spacial score (nSPS) is 24.0. The Morgan fingerprint density at radius 2 is 2.09 bits per heavy atom. The Labute approximate surface area is 135 Å². The summed E-state index contributed by atoms with van der Waals surface area (Å²) in [7, 11) is 0. The van der Waals surface area contributed by atoms with Gasteiger partial charge < -0.3 is 10.5 Å². The van der Waals surface area contributed by atoms with Crippen molar-refractivity contribution in [3.05, 3.63) is 59.1 Å². The molecule has 2 unspecified atom stereocenters. The molecule has 2 aliphatic rings. The van der Waals surface area contributed by atoms with Crippen molar-refractivity contribution in [2.45, 2.75) is 44.4 Å². The van der Waals surface area contributed by atoms with Crippen LogP contribution in [0.3, 0.4) is 0 Å². The van der Waals surface area contributed by atoms with E-state index in [1.54, 1.807) is 18.2 Å². The molecule has 3 rings (SSSR count). The maximum atomic E-state index is 13.6. The minimum Gasteiger partial charge on any atom is -0.493 e. The van der Waals surface area contributed by atoms with Crippen LogP contribution in [0.4, 0.5) is 4.39 Å². The van der Waals surface area contributed by atoms with Gasteiger partial charge in [0.2, 0.25) is 5.91 Å². The molecular formula is C18H21FN2O2. The number of allylic oxidation sites excluding steroid dienone is 3. The van der Waals surface area contributed by atoms with E-state index in [1.165, 1.54) is 11.6 Å². The van der Waals surface area contributed by atoms with Crippen LogP contribution in [0, 0.1) is 5.82 Å². The first kappa shape index (κ1) is 15.7. The summed E-state index contributed by atoms with van der Waals surface area (Å²) in [6.07, 6.45) is 7.38. The predicted octanol–water partition coefficient (Wildman–Crippen LogP) is 2.55. The molecule has 2 atom stereocenters. The largest absolute Gasteiger partial charge is 0.493 e. The zero-order valence-corrected chi connectivity index (χ0v) is 12.9. The van der Waals surface area contributed by atoms with E-state index in [0.29, 0.717) is 5.56 Å². The molecule has 0 saturated carbocycles. The first-order valence-corrected chi connectivity index (χ1v) is 7.94. The van der Waals surface area contributed by atoms with E-state index in [1.807, 2.05) is 12.2 Å². The Bertz CT molecular complexity index is 654. The highest BCUT2D eigenvalue weighted by molar-refractivity contribution is 5.80. The molecule has 4 nitrogen and oxygen atoms in total. The molecule has 122 valence electrons. The summed E-state index contributed by atoms with van der Waals surface area (Å²) >= 11 is 0. The molecule has 1 saturated heterocycles. The highest BCUT2D eigenvalue weighted by atomic mass is 19.1. The number of carbonyl (C=O) groups is 1. The number of nitrogens with one attached hydrogen (secondary N) is 1. The third-order valence-corrected chi connectivity index (χ3v) is 4.45. The highest BCUT2D eigenvalue weighted by Gasteiger charge is 2.29. The van der Waals surface area contributed by atoms with Crippen LogP contribution in [-0.2, 0) is 16.1 Å². The third kappa shape index (κ3) is 3.79. The van der Waals surface area contributed by atoms with E-state index >= 15 is 0 Å². The van der Waals surface area contributed by atoms with Gasteiger partial charge in [-0.3, -0.25) is 10.1 Å². The lowest BCUT2D eigenvalue weighted by Crippen LogP contribution is -2.40. The number of nitrogens with two attached hydrogens (primary N) is 1. The van der Waals surface area contributed by atoms with Gasteiger partial charge in [0.15, 0.2) is 0 Å². The minimum atomic E-state index is -0.284. The van der Waals surface area contributed by atoms with Gasteiger partial charge in [0, 0.05) is 18.0 Å². The summed E-state index contributed by atoms with van der Waals surface area (Å²) < 4.78 is 19.3. The second-order valence-electron chi connectivity index (χ2n) is 6.01. The maximum Gasteiger partial charge on any atom is 0.234 e. The van der Waals surface area contributed by atoms with E-state index < -0.39 is 0 Å². The predicted molar refractivity (Wildman–Crippen MR) is 85.7 cm³/mol. The Balaban J connectivity index is 1.56. The van der Waals surface area contributed by atoms with Gasteiger partial charge in [0.25, 0.3) is 0 Å². The van der Waals surface area contributed by atoms with E-state index in [2.05, 4.69) is 5.32 Å². The standard InChI is InChI=1S/C18H21FN2O2/c19-15-4-2-1-3-13(15)11-23-14-7-5-12(6-8-14)16-9-10-17(21-16)18(20)22/h1-5,7,16-17,21H,6,8-11H2,(H2,20,22). The number of rotatable bonds is 5. The van der Waals surface area contributed by atoms with Crippen LogP contribution in [0.25, 0.3) is 0 Å². The third-order valence-electron chi connectivity index (χ3n) is 4.45. The number of hydrogen-bond donors (Lipinski definition) is 2. The van der Waals surface area contributed by atoms with Crippen molar-refractivity contribution in [3.63, 3.8) is 0 Å². The second kappa shape index (κ2) is 6.96. The van der Waals surface area contributed by atoms with Crippen LogP contribution < -0.4 is 11.1 Å². The second-order valence-corrected chi connectivity index (χ2v) is 6.01. The van der Waals surface area contributed by atoms with Crippen molar-refractivity contribution in [1.82, 2.24) is 5.32 Å². The van der Waals surface area contributed by atoms with E-state index in [0.717, 1.165) is 31.4 Å². The quantitative estimate of drug-likeness (QED) is 0.877. The Kier molecular flexibility index (Phi) is 4.76. The fourth-order valence-electron chi connectivity index (χ4n) is 3.09. The van der Waals surface area contributed by atoms with Crippen LogP contribution in [0.1, 0.15) is 31.2 Å². The molecule has 0 spiro atoms. The van der Waals surface area contributed by atoms with Crippen molar-refractivity contribution < 1.29 is 13.9 Å². The van der Waals surface area contributed by atoms with E-state index in [-0.39, 0.29) is 30.4 Å². The first-order valence-electron chi connectivity index (χ1n) is 7.94. The number of hydrogen-bond acceptors (Lipinski definition) is 3. The lowest BCUT2D eigenvalue weighted by Gasteiger charge is -2.21. The van der Waals surface area contributed by atoms with E-state index in [9.17, 15) is 9.18 Å². The fraction of sp³-hybridized carbons (Fsp3) is 0.389. The molecule has 3 N–H and O–H groups in total. The van der Waals surface area contributed by atoms with Gasteiger partial charge in [0.05, 0.1) is 11.8 Å². The summed E-state index contributed by atoms with van der Waals surface area (Å²) in [6, 6.07) is 6.64. The topological polar surface area (TPSA) is 64.4 Å². The maximum absolute atomic E-state index is 13.6. The Morgan fingerprint density at radius 3 is 2.74 bits per heavy atom. The van der Waals surface area contributed by atoms with Gasteiger partial charge in [-0.15, -0.1) is 0 Å². The van der Waals surface area contributed by atoms with Crippen molar-refractivity contribution in [2.24, 2.45) is 5.73 Å². The van der Waals surface area contributed by atoms with Gasteiger partial charge in [-0.1, -0.05) is 29.8 Å². The van der Waals surface area contributed by atoms with Crippen molar-refractivity contribution >= 4 is 5.91 Å². The van der Waals surface area contributed by atoms with Crippen LogP contribution in [-0.4, -0.2) is 18.0 Å². The molecule has 1 fully saturated rings. The molecule has 0 bridgehead atoms. The first-order chi connectivity index (χ1) is 11.1. The smallest absolute Gasteiger partial charge is 0.234 e. The van der Waals surface area contributed by atoms with Gasteiger partial charge in [-0.2, -0.15) is 0 Å². The van der Waals surface area contributed by atoms with Crippen molar-refractivity contribution in [1.29, 1.82) is 0 Å². The number of benzene rings is 1. The molecule has 0 aromatic heterocycles. The lowest BCUT2D eigenvalue weighted by molar-refractivity contribution is -0.119. The average molecular weight is 316 g/mol. The molecular weight excluding hydrogens is 295 g/mol. The number of ether oxygens (including phenoxy) is 1. The number of carbonyl (C=O) groups excluding carboxylic acids is 1. The molecule has 1 aliphatic carbocycles. The molecule has 1 amide bonds. The number of primary amides is 1. The van der Waals surface area contributed by atoms with Crippen LogP contribution in [0.2, 0.25) is 0 Å². The van der Waals surface area contributed by atoms with Gasteiger partial charge in [-0.05, 0) is 31.4 Å². The lowest BCUT2D eigenvalue weighted by atomic mass is 9.96. The Morgan fingerprint density at radius 1 is 1.26 bits per heavy atom. The van der Waals surface area contributed by atoms with Crippen LogP contribution in [0.15, 0.2) is 47.7 Å². The van der Waals surface area contributed by atoms with Crippen LogP contribution in [0.5, 0.6) is 0 Å². The van der Waals surface area contributed by atoms with E-state index in [4.69, 9.17) is 10.5 Å². The van der Waals surface area contributed by atoms with Crippen LogP contribution >= 0.6 is 0 Å². The molecule has 1 aromatic carbocycles. The molecule has 1 aliphatic heterocycles. The summed E-state index contributed by atoms with van der Waals surface area (Å²) in [6.45, 7) is 0.243. The fourth-order valence-corrected chi connectivity index (χ4v) is 3.09. The van der Waals surface area contributed by atoms with Gasteiger partial charge in [-0.25, -0.2) is 4.39 Å². The average Bonchev–Trinajstić information content (AvgIpc) is 3.05. The number of halogens is 1.